The number of carbonyl (C=O) groups is 4. The molecule has 42 heavy (non-hydrogen) atoms. The predicted molar refractivity (Wildman–Crippen MR) is 158 cm³/mol. The first-order chi connectivity index (χ1) is 20.3. The lowest BCUT2D eigenvalue weighted by atomic mass is 9.91. The molecule has 0 bridgehead atoms. The summed E-state index contributed by atoms with van der Waals surface area (Å²) in [6.07, 6.45) is 3.98. The van der Waals surface area contributed by atoms with Gasteiger partial charge in [0.15, 0.2) is 5.78 Å². The van der Waals surface area contributed by atoms with Gasteiger partial charge in [0.05, 0.1) is 16.6 Å². The molecule has 3 fully saturated rings. The standard InChI is InChI=1S/C32H35ClN4O5/c1-2-28(38)26(13-18-11-12-34-30(18)39)36-31(40)29-22-10-6-7-19(22)17-37(29)32(41)27-16-23-24(33)14-21(15-25(23)35-27)42-20-8-4-3-5-9-20/h3-5,8-9,14-16,18-19,22,26,29,35H,2,6-7,10-13,17H2,1H3,(H,34,39)(H,36,40). The molecule has 3 heterocycles. The van der Waals surface area contributed by atoms with Gasteiger partial charge in [0, 0.05) is 42.9 Å². The number of nitrogens with zero attached hydrogens (tertiary/aromatic N) is 1. The lowest BCUT2D eigenvalue weighted by Crippen LogP contribution is -2.53. The highest BCUT2D eigenvalue weighted by Crippen LogP contribution is 2.43. The van der Waals surface area contributed by atoms with Gasteiger partial charge in [-0.25, -0.2) is 0 Å². The van der Waals surface area contributed by atoms with E-state index in [9.17, 15) is 19.2 Å². The molecule has 5 unspecified atom stereocenters. The van der Waals surface area contributed by atoms with E-state index in [-0.39, 0.29) is 54.1 Å². The first kappa shape index (κ1) is 28.3. The molecule has 2 saturated heterocycles. The molecule has 9 nitrogen and oxygen atoms in total. The Labute approximate surface area is 249 Å². The third-order valence-electron chi connectivity index (χ3n) is 9.03. The van der Waals surface area contributed by atoms with Crippen molar-refractivity contribution in [1.29, 1.82) is 0 Å². The maximum Gasteiger partial charge on any atom is 0.271 e. The zero-order valence-electron chi connectivity index (χ0n) is 23.5. The van der Waals surface area contributed by atoms with Gasteiger partial charge < -0.3 is 25.3 Å². The fourth-order valence-electron chi connectivity index (χ4n) is 6.90. The molecule has 5 atom stereocenters. The van der Waals surface area contributed by atoms with Crippen LogP contribution in [0.25, 0.3) is 10.9 Å². The van der Waals surface area contributed by atoms with Crippen molar-refractivity contribution >= 4 is 46.0 Å². The van der Waals surface area contributed by atoms with Crippen molar-refractivity contribution < 1.29 is 23.9 Å². The van der Waals surface area contributed by atoms with E-state index in [1.807, 2.05) is 30.3 Å². The SMILES string of the molecule is CCC(=O)C(CC1CCNC1=O)NC(=O)C1C2CCCC2CN1C(=O)c1cc2c(Cl)cc(Oc3ccccc3)cc2[nH]1. The van der Waals surface area contributed by atoms with E-state index < -0.39 is 12.1 Å². The molecular weight excluding hydrogens is 556 g/mol. The number of benzene rings is 2. The smallest absolute Gasteiger partial charge is 0.271 e. The Bertz CT molecular complexity index is 1520. The number of nitrogens with one attached hydrogen (secondary N) is 3. The van der Waals surface area contributed by atoms with Crippen LogP contribution >= 0.6 is 11.6 Å². The van der Waals surface area contributed by atoms with Crippen LogP contribution in [0.2, 0.25) is 5.02 Å². The minimum absolute atomic E-state index is 0.0277. The Hall–Kier alpha value is -3.85. The van der Waals surface area contributed by atoms with E-state index in [1.54, 1.807) is 30.0 Å². The van der Waals surface area contributed by atoms with Crippen LogP contribution in [0.15, 0.2) is 48.5 Å². The molecule has 3 aromatic rings. The van der Waals surface area contributed by atoms with E-state index in [1.165, 1.54) is 0 Å². The van der Waals surface area contributed by atoms with E-state index in [2.05, 4.69) is 15.6 Å². The molecular formula is C32H35ClN4O5. The number of carbonyl (C=O) groups excluding carboxylic acids is 4. The summed E-state index contributed by atoms with van der Waals surface area (Å²) in [6.45, 7) is 2.81. The van der Waals surface area contributed by atoms with Crippen molar-refractivity contribution in [2.75, 3.05) is 13.1 Å². The Morgan fingerprint density at radius 1 is 1.10 bits per heavy atom. The van der Waals surface area contributed by atoms with Crippen molar-refractivity contribution in [3.8, 4) is 11.5 Å². The molecule has 0 radical (unpaired) electrons. The lowest BCUT2D eigenvalue weighted by Gasteiger charge is -2.29. The number of likely N-dealkylation sites (tertiary alicyclic amines) is 1. The molecule has 2 aromatic carbocycles. The van der Waals surface area contributed by atoms with Crippen molar-refractivity contribution in [2.24, 2.45) is 17.8 Å². The quantitative estimate of drug-likeness (QED) is 0.329. The molecule has 10 heteroatoms. The fraction of sp³-hybridized carbons (Fsp3) is 0.438. The van der Waals surface area contributed by atoms with E-state index in [0.717, 1.165) is 19.3 Å². The first-order valence-corrected chi connectivity index (χ1v) is 15.2. The summed E-state index contributed by atoms with van der Waals surface area (Å²) in [5.74, 6) is 0.355. The van der Waals surface area contributed by atoms with Crippen LogP contribution in [0, 0.1) is 17.8 Å². The third-order valence-corrected chi connectivity index (χ3v) is 9.34. The summed E-state index contributed by atoms with van der Waals surface area (Å²) in [5.41, 5.74) is 0.992. The number of hydrogen-bond acceptors (Lipinski definition) is 5. The second kappa shape index (κ2) is 11.8. The lowest BCUT2D eigenvalue weighted by molar-refractivity contribution is -0.132. The zero-order chi connectivity index (χ0) is 29.4. The van der Waals surface area contributed by atoms with Crippen LogP contribution < -0.4 is 15.4 Å². The van der Waals surface area contributed by atoms with E-state index >= 15 is 0 Å². The minimum Gasteiger partial charge on any atom is -0.457 e. The van der Waals surface area contributed by atoms with Gasteiger partial charge in [-0.2, -0.15) is 0 Å². The number of H-pyrrole nitrogens is 1. The van der Waals surface area contributed by atoms with Gasteiger partial charge in [-0.3, -0.25) is 19.2 Å². The number of aromatic amines is 1. The first-order valence-electron chi connectivity index (χ1n) is 14.8. The van der Waals surface area contributed by atoms with Gasteiger partial charge in [-0.15, -0.1) is 0 Å². The number of ether oxygens (including phenoxy) is 1. The van der Waals surface area contributed by atoms with Gasteiger partial charge >= 0.3 is 0 Å². The molecule has 1 aliphatic carbocycles. The van der Waals surface area contributed by atoms with Crippen LogP contribution in [-0.4, -0.2) is 58.6 Å². The number of rotatable bonds is 9. The van der Waals surface area contributed by atoms with Crippen molar-refractivity contribution in [3.63, 3.8) is 0 Å². The summed E-state index contributed by atoms with van der Waals surface area (Å²) >= 11 is 6.59. The molecule has 2 aliphatic heterocycles. The Balaban J connectivity index is 1.24. The normalized spacial score (nSPS) is 24.0. The Morgan fingerprint density at radius 2 is 1.90 bits per heavy atom. The number of hydrogen-bond donors (Lipinski definition) is 3. The number of ketones is 1. The Kier molecular flexibility index (Phi) is 7.94. The number of fused-ring (bicyclic) bond motifs is 2. The summed E-state index contributed by atoms with van der Waals surface area (Å²) in [4.78, 5) is 57.7. The maximum atomic E-state index is 14.0. The summed E-state index contributed by atoms with van der Waals surface area (Å²) in [7, 11) is 0. The molecule has 220 valence electrons. The molecule has 3 N–H and O–H groups in total. The monoisotopic (exact) mass is 590 g/mol. The zero-order valence-corrected chi connectivity index (χ0v) is 24.3. The van der Waals surface area contributed by atoms with Crippen LogP contribution in [0.3, 0.4) is 0 Å². The molecule has 3 amide bonds. The van der Waals surface area contributed by atoms with Crippen LogP contribution in [0.5, 0.6) is 11.5 Å². The van der Waals surface area contributed by atoms with Gasteiger partial charge in [0.1, 0.15) is 23.2 Å². The van der Waals surface area contributed by atoms with Gasteiger partial charge in [-0.05, 0) is 55.7 Å². The van der Waals surface area contributed by atoms with E-state index in [4.69, 9.17) is 16.3 Å². The second-order valence-corrected chi connectivity index (χ2v) is 12.0. The Morgan fingerprint density at radius 3 is 2.64 bits per heavy atom. The molecule has 0 spiro atoms. The average molecular weight is 591 g/mol. The molecule has 6 rings (SSSR count). The van der Waals surface area contributed by atoms with Crippen molar-refractivity contribution in [3.05, 3.63) is 59.2 Å². The summed E-state index contributed by atoms with van der Waals surface area (Å²) < 4.78 is 5.95. The van der Waals surface area contributed by atoms with Crippen LogP contribution in [0.4, 0.5) is 0 Å². The third kappa shape index (κ3) is 5.50. The maximum absolute atomic E-state index is 14.0. The summed E-state index contributed by atoms with van der Waals surface area (Å²) in [6, 6.07) is 13.1. The number of amides is 3. The van der Waals surface area contributed by atoms with Gasteiger partial charge in [0.2, 0.25) is 11.8 Å². The predicted octanol–water partition coefficient (Wildman–Crippen LogP) is 4.84. The van der Waals surface area contributed by atoms with Crippen molar-refractivity contribution in [1.82, 2.24) is 20.5 Å². The fourth-order valence-corrected chi connectivity index (χ4v) is 7.17. The van der Waals surface area contributed by atoms with Crippen LogP contribution in [0.1, 0.15) is 55.9 Å². The summed E-state index contributed by atoms with van der Waals surface area (Å²) in [5, 5.41) is 6.89. The van der Waals surface area contributed by atoms with Gasteiger partial charge in [0.25, 0.3) is 5.91 Å². The highest BCUT2D eigenvalue weighted by molar-refractivity contribution is 6.35. The average Bonchev–Trinajstić information content (AvgIpc) is 3.77. The highest BCUT2D eigenvalue weighted by atomic mass is 35.5. The largest absolute Gasteiger partial charge is 0.457 e. The van der Waals surface area contributed by atoms with E-state index in [0.29, 0.717) is 52.6 Å². The number of Topliss-reactive ketones (excluding diaryl/α,β-unsaturated/α-hetero) is 1. The second-order valence-electron chi connectivity index (χ2n) is 11.6. The number of halogens is 1. The molecule has 1 saturated carbocycles. The van der Waals surface area contributed by atoms with Crippen LogP contribution in [-0.2, 0) is 14.4 Å². The molecule has 1 aromatic heterocycles. The molecule has 3 aliphatic rings. The number of aromatic nitrogens is 1. The van der Waals surface area contributed by atoms with Crippen molar-refractivity contribution in [2.45, 2.75) is 57.5 Å². The van der Waals surface area contributed by atoms with Gasteiger partial charge in [-0.1, -0.05) is 43.1 Å². The highest BCUT2D eigenvalue weighted by Gasteiger charge is 2.50. The minimum atomic E-state index is -0.760. The topological polar surface area (TPSA) is 121 Å². The number of para-hydroxylation sites is 1.